The smallest absolute Gasteiger partial charge is 0.322 e. The van der Waals surface area contributed by atoms with Gasteiger partial charge >= 0.3 is 5.95 Å². The van der Waals surface area contributed by atoms with Gasteiger partial charge in [-0.3, -0.25) is 0 Å². The van der Waals surface area contributed by atoms with Gasteiger partial charge in [-0.1, -0.05) is 18.2 Å². The summed E-state index contributed by atoms with van der Waals surface area (Å²) in [6.45, 7) is 5.62. The van der Waals surface area contributed by atoms with E-state index in [0.29, 0.717) is 21.6 Å². The first kappa shape index (κ1) is 13.6. The molecule has 0 radical (unpaired) electrons. The summed E-state index contributed by atoms with van der Waals surface area (Å²) < 4.78 is 15.8. The van der Waals surface area contributed by atoms with Gasteiger partial charge in [0.2, 0.25) is 0 Å². The van der Waals surface area contributed by atoms with E-state index in [1.165, 1.54) is 0 Å². The van der Waals surface area contributed by atoms with Crippen LogP contribution in [0.5, 0.6) is 0 Å². The van der Waals surface area contributed by atoms with Crippen molar-refractivity contribution in [2.24, 2.45) is 0 Å². The highest BCUT2D eigenvalue weighted by Gasteiger charge is 2.03. The predicted molar refractivity (Wildman–Crippen MR) is 64.7 cm³/mol. The lowest BCUT2D eigenvalue weighted by Gasteiger charge is -2.08. The van der Waals surface area contributed by atoms with Crippen molar-refractivity contribution in [2.75, 3.05) is 0 Å². The van der Waals surface area contributed by atoms with E-state index in [-0.39, 0.29) is 0 Å². The van der Waals surface area contributed by atoms with Gasteiger partial charge in [0.25, 0.3) is 0 Å². The van der Waals surface area contributed by atoms with Crippen molar-refractivity contribution in [1.29, 1.82) is 0 Å². The second-order valence-electron chi connectivity index (χ2n) is 2.61. The van der Waals surface area contributed by atoms with Crippen molar-refractivity contribution < 1.29 is 14.2 Å². The molecule has 0 saturated heterocycles. The highest BCUT2D eigenvalue weighted by molar-refractivity contribution is 6.20. The third-order valence-electron chi connectivity index (χ3n) is 1.29. The van der Waals surface area contributed by atoms with Crippen molar-refractivity contribution in [1.82, 2.24) is 0 Å². The van der Waals surface area contributed by atoms with Gasteiger partial charge in [0.15, 0.2) is 0 Å². The average molecular weight is 226 g/mol. The van der Waals surface area contributed by atoms with Crippen LogP contribution in [0, 0.1) is 0 Å². The molecule has 0 aromatic heterocycles. The van der Waals surface area contributed by atoms with Crippen molar-refractivity contribution in [3.8, 4) is 0 Å². The Balaban J connectivity index is 4.54. The highest BCUT2D eigenvalue weighted by Crippen LogP contribution is 2.08. The quantitative estimate of drug-likeness (QED) is 0.513. The van der Waals surface area contributed by atoms with E-state index < -0.39 is 0 Å². The van der Waals surface area contributed by atoms with E-state index in [2.05, 4.69) is 0 Å². The average Bonchev–Trinajstić information content (AvgIpc) is 2.26. The molecule has 0 aliphatic rings. The van der Waals surface area contributed by atoms with Gasteiger partial charge in [-0.25, -0.2) is 0 Å². The van der Waals surface area contributed by atoms with Gasteiger partial charge in [-0.15, -0.1) is 0 Å². The van der Waals surface area contributed by atoms with Gasteiger partial charge in [-0.2, -0.15) is 0 Å². The molecule has 0 saturated carbocycles. The molecule has 0 unspecified atom stereocenters. The molecule has 0 heterocycles. The molecule has 0 atom stereocenters. The molecule has 0 aromatic carbocycles. The Bertz CT molecular complexity index is 262. The summed E-state index contributed by atoms with van der Waals surface area (Å²) in [4.78, 5) is 0. The van der Waals surface area contributed by atoms with Gasteiger partial charge in [0.1, 0.15) is 5.38 Å². The van der Waals surface area contributed by atoms with Crippen LogP contribution in [0.3, 0.4) is 0 Å². The maximum Gasteiger partial charge on any atom is 0.322 e. The zero-order chi connectivity index (χ0) is 11.5. The molecule has 0 bridgehead atoms. The molecule has 0 amide bonds. The minimum Gasteiger partial charge on any atom is -0.469 e. The van der Waals surface area contributed by atoms with Crippen LogP contribution in [0.2, 0.25) is 0 Å². The highest BCUT2D eigenvalue weighted by atomic mass is 28.1. The van der Waals surface area contributed by atoms with Crippen LogP contribution < -0.4 is 0 Å². The Morgan fingerprint density at radius 3 is 1.60 bits per heavy atom. The Hall–Kier alpha value is -1.42. The van der Waals surface area contributed by atoms with Crippen LogP contribution >= 0.6 is 0 Å². The van der Waals surface area contributed by atoms with Gasteiger partial charge in [-0.05, 0) is 20.8 Å². The second-order valence-corrected chi connectivity index (χ2v) is 3.51. The summed E-state index contributed by atoms with van der Waals surface area (Å²) >= 11 is 0. The van der Waals surface area contributed by atoms with E-state index in [1.807, 2.05) is 20.8 Å². The normalized spacial score (nSPS) is 11.4. The van der Waals surface area contributed by atoms with Gasteiger partial charge in [0, 0.05) is 0 Å². The van der Waals surface area contributed by atoms with Crippen LogP contribution in [0.25, 0.3) is 0 Å². The molecule has 0 spiro atoms. The third-order valence-corrected chi connectivity index (χ3v) is 1.93. The largest absolute Gasteiger partial charge is 0.469 e. The Labute approximate surface area is 94.1 Å². The molecule has 0 aliphatic heterocycles. The molecule has 0 N–H and O–H groups in total. The number of hydrogen-bond donors (Lipinski definition) is 0. The maximum atomic E-state index is 5.29. The van der Waals surface area contributed by atoms with Crippen molar-refractivity contribution in [3.05, 3.63) is 48.3 Å². The first-order chi connectivity index (χ1) is 7.26. The summed E-state index contributed by atoms with van der Waals surface area (Å²) in [6, 6.07) is 0. The Kier molecular flexibility index (Phi) is 8.28. The van der Waals surface area contributed by atoms with Crippen LogP contribution in [-0.4, -0.2) is 10.2 Å². The predicted octanol–water partition coefficient (Wildman–Crippen LogP) is 2.13. The fourth-order valence-electron chi connectivity index (χ4n) is 0.672. The molecule has 15 heavy (non-hydrogen) atoms. The van der Waals surface area contributed by atoms with Gasteiger partial charge in [0.05, 0.1) is 29.0 Å². The first-order valence-electron chi connectivity index (χ1n) is 4.80. The minimum absolute atomic E-state index is 0.385. The summed E-state index contributed by atoms with van der Waals surface area (Å²) in [5, 5.41) is 0.698. The molecule has 3 nitrogen and oxygen atoms in total. The summed E-state index contributed by atoms with van der Waals surface area (Å²) in [6.07, 6.45) is 10.1. The Morgan fingerprint density at radius 2 is 1.20 bits per heavy atom. The van der Waals surface area contributed by atoms with Crippen LogP contribution in [0.15, 0.2) is 48.3 Å². The molecule has 0 rings (SSSR count). The van der Waals surface area contributed by atoms with Crippen molar-refractivity contribution in [3.63, 3.8) is 0 Å². The van der Waals surface area contributed by atoms with Crippen molar-refractivity contribution in [2.45, 2.75) is 20.8 Å². The third kappa shape index (κ3) is 6.62. The second kappa shape index (κ2) is 9.14. The topological polar surface area (TPSA) is 27.7 Å². The SMILES string of the molecule is C/C=C/OC([SiH3])=C(O/C=C/C)O/C=C/C. The van der Waals surface area contributed by atoms with E-state index in [1.54, 1.807) is 37.0 Å². The zero-order valence-electron chi connectivity index (χ0n) is 9.69. The van der Waals surface area contributed by atoms with Crippen LogP contribution in [0.1, 0.15) is 20.8 Å². The van der Waals surface area contributed by atoms with E-state index in [4.69, 9.17) is 14.2 Å². The molecule has 84 valence electrons. The molecule has 0 fully saturated rings. The maximum absolute atomic E-state index is 5.29. The summed E-state index contributed by atoms with van der Waals surface area (Å²) in [5.74, 6) is 0.385. The van der Waals surface area contributed by atoms with E-state index in [9.17, 15) is 0 Å². The number of hydrogen-bond acceptors (Lipinski definition) is 3. The van der Waals surface area contributed by atoms with E-state index in [0.717, 1.165) is 0 Å². The van der Waals surface area contributed by atoms with Crippen molar-refractivity contribution >= 4 is 10.2 Å². The standard InChI is InChI=1S/C11H18O3Si/c1-4-7-12-10(13-8-5-2)11(15)14-9-6-3/h4-9H,1-3,15H3/b7-4+,8-5+,9-6+. The summed E-state index contributed by atoms with van der Waals surface area (Å²) in [5.41, 5.74) is 0. The zero-order valence-corrected chi connectivity index (χ0v) is 11.7. The lowest BCUT2D eigenvalue weighted by molar-refractivity contribution is 0.127. The van der Waals surface area contributed by atoms with Crippen LogP contribution in [-0.2, 0) is 14.2 Å². The molecule has 0 aliphatic carbocycles. The lowest BCUT2D eigenvalue weighted by Crippen LogP contribution is -1.97. The van der Waals surface area contributed by atoms with Crippen LogP contribution in [0.4, 0.5) is 0 Å². The fraction of sp³-hybridized carbons (Fsp3) is 0.273. The Morgan fingerprint density at radius 1 is 0.800 bits per heavy atom. The van der Waals surface area contributed by atoms with Gasteiger partial charge < -0.3 is 14.2 Å². The lowest BCUT2D eigenvalue weighted by atomic mass is 10.7. The molecule has 4 heteroatoms. The number of allylic oxidation sites excluding steroid dienone is 3. The molecular formula is C11H18O3Si. The number of rotatable bonds is 6. The minimum atomic E-state index is 0.385. The fourth-order valence-corrected chi connectivity index (χ4v) is 1.04. The summed E-state index contributed by atoms with van der Waals surface area (Å²) in [7, 11) is 0.708. The molecule has 0 aromatic rings. The number of ether oxygens (including phenoxy) is 3. The van der Waals surface area contributed by atoms with E-state index >= 15 is 0 Å². The molecular weight excluding hydrogens is 208 g/mol. The monoisotopic (exact) mass is 226 g/mol. The first-order valence-corrected chi connectivity index (χ1v) is 5.80.